The molecule has 0 bridgehead atoms. The fourth-order valence-corrected chi connectivity index (χ4v) is 3.66. The molecule has 0 aromatic heterocycles. The number of aliphatic hydroxyl groups is 1. The topological polar surface area (TPSA) is 102 Å². The van der Waals surface area contributed by atoms with E-state index in [2.05, 4.69) is 4.90 Å². The number of piperazine rings is 1. The molecule has 156 valence electrons. The van der Waals surface area contributed by atoms with E-state index in [1.54, 1.807) is 12.0 Å². The molecule has 0 saturated carbocycles. The van der Waals surface area contributed by atoms with Crippen molar-refractivity contribution < 1.29 is 24.6 Å². The third-order valence-corrected chi connectivity index (χ3v) is 5.13. The monoisotopic (exact) mass is 393 g/mol. The molecule has 1 heterocycles. The van der Waals surface area contributed by atoms with Gasteiger partial charge in [-0.05, 0) is 31.4 Å². The van der Waals surface area contributed by atoms with E-state index in [-0.39, 0.29) is 17.9 Å². The largest absolute Gasteiger partial charge is 0.497 e. The highest BCUT2D eigenvalue weighted by molar-refractivity contribution is 5.89. The summed E-state index contributed by atoms with van der Waals surface area (Å²) in [4.78, 5) is 28.7. The molecule has 1 aromatic rings. The van der Waals surface area contributed by atoms with Crippen LogP contribution in [0.15, 0.2) is 24.3 Å². The second kappa shape index (κ2) is 9.75. The number of hydroxylamine groups is 1. The number of anilines is 1. The molecule has 1 aliphatic rings. The van der Waals surface area contributed by atoms with Crippen LogP contribution in [-0.4, -0.2) is 65.9 Å². The second-order valence-corrected chi connectivity index (χ2v) is 7.69. The quantitative estimate of drug-likeness (QED) is 0.476. The van der Waals surface area contributed by atoms with Crippen molar-refractivity contribution >= 4 is 17.5 Å². The highest BCUT2D eigenvalue weighted by atomic mass is 16.5. The lowest BCUT2D eigenvalue weighted by Crippen LogP contribution is -2.57. The molecule has 3 atom stereocenters. The van der Waals surface area contributed by atoms with Gasteiger partial charge < -0.3 is 19.6 Å². The number of nitrogens with zero attached hydrogens (tertiary/aromatic N) is 2. The van der Waals surface area contributed by atoms with Crippen molar-refractivity contribution in [2.24, 2.45) is 11.8 Å². The molecule has 1 saturated heterocycles. The summed E-state index contributed by atoms with van der Waals surface area (Å²) in [5.41, 5.74) is 2.47. The Kier molecular flexibility index (Phi) is 7.65. The maximum atomic E-state index is 13.1. The fourth-order valence-electron chi connectivity index (χ4n) is 3.66. The van der Waals surface area contributed by atoms with E-state index in [1.807, 2.05) is 45.0 Å². The third kappa shape index (κ3) is 5.14. The summed E-state index contributed by atoms with van der Waals surface area (Å²) < 4.78 is 5.28. The van der Waals surface area contributed by atoms with Crippen LogP contribution < -0.4 is 15.1 Å². The standard InChI is InChI=1S/C20H31N3O5/c1-13(2)10-17(18(24)19(25)21-27)20(26)23-9-8-22(12-14(23)3)15-6-5-7-16(11-15)28-4/h5-7,11,13-14,17-18,24,27H,8-10,12H2,1-4H3,(H,21,25)/t14-,17?,18+/m1/s1. The molecule has 2 amide bonds. The summed E-state index contributed by atoms with van der Waals surface area (Å²) in [5.74, 6) is -1.22. The van der Waals surface area contributed by atoms with Crippen molar-refractivity contribution in [3.05, 3.63) is 24.3 Å². The number of nitrogens with one attached hydrogen (secondary N) is 1. The molecular formula is C20H31N3O5. The summed E-state index contributed by atoms with van der Waals surface area (Å²) in [6.45, 7) is 7.56. The highest BCUT2D eigenvalue weighted by Crippen LogP contribution is 2.26. The molecule has 0 spiro atoms. The predicted molar refractivity (Wildman–Crippen MR) is 105 cm³/mol. The molecule has 8 nitrogen and oxygen atoms in total. The molecule has 1 fully saturated rings. The number of aliphatic hydroxyl groups excluding tert-OH is 1. The SMILES string of the molecule is COc1cccc(N2CCN(C(=O)C(CC(C)C)[C@H](O)C(=O)NO)[C@H](C)C2)c1. The Hall–Kier alpha value is -2.32. The van der Waals surface area contributed by atoms with Gasteiger partial charge in [-0.25, -0.2) is 5.48 Å². The summed E-state index contributed by atoms with van der Waals surface area (Å²) in [5, 5.41) is 19.1. The van der Waals surface area contributed by atoms with Crippen LogP contribution in [0.4, 0.5) is 5.69 Å². The number of amides is 2. The normalized spacial score (nSPS) is 19.3. The van der Waals surface area contributed by atoms with Gasteiger partial charge in [0.2, 0.25) is 5.91 Å². The lowest BCUT2D eigenvalue weighted by Gasteiger charge is -2.42. The zero-order valence-corrected chi connectivity index (χ0v) is 17.0. The molecule has 8 heteroatoms. The average molecular weight is 393 g/mol. The van der Waals surface area contributed by atoms with Crippen LogP contribution in [0.1, 0.15) is 27.2 Å². The van der Waals surface area contributed by atoms with E-state index < -0.39 is 17.9 Å². The average Bonchev–Trinajstić information content (AvgIpc) is 2.70. The van der Waals surface area contributed by atoms with Gasteiger partial charge in [0.05, 0.1) is 13.0 Å². The summed E-state index contributed by atoms with van der Waals surface area (Å²) in [6, 6.07) is 7.69. The van der Waals surface area contributed by atoms with E-state index in [9.17, 15) is 14.7 Å². The van der Waals surface area contributed by atoms with Crippen molar-refractivity contribution in [3.8, 4) is 5.75 Å². The maximum Gasteiger partial charge on any atom is 0.272 e. The lowest BCUT2D eigenvalue weighted by molar-refractivity contribution is -0.152. The Balaban J connectivity index is 2.12. The molecule has 1 unspecified atom stereocenters. The highest BCUT2D eigenvalue weighted by Gasteiger charge is 2.38. The minimum absolute atomic E-state index is 0.0912. The summed E-state index contributed by atoms with van der Waals surface area (Å²) >= 11 is 0. The van der Waals surface area contributed by atoms with Gasteiger partial charge in [0.1, 0.15) is 11.9 Å². The molecule has 3 N–H and O–H groups in total. The van der Waals surface area contributed by atoms with Gasteiger partial charge in [-0.3, -0.25) is 14.8 Å². The summed E-state index contributed by atoms with van der Waals surface area (Å²) in [7, 11) is 1.63. The second-order valence-electron chi connectivity index (χ2n) is 7.69. The van der Waals surface area contributed by atoms with E-state index in [1.165, 1.54) is 5.48 Å². The number of hydrogen-bond acceptors (Lipinski definition) is 6. The van der Waals surface area contributed by atoms with Crippen LogP contribution in [-0.2, 0) is 9.59 Å². The first-order valence-corrected chi connectivity index (χ1v) is 9.60. The van der Waals surface area contributed by atoms with E-state index >= 15 is 0 Å². The Bertz CT molecular complexity index is 682. The number of carbonyl (C=O) groups excluding carboxylic acids is 2. The van der Waals surface area contributed by atoms with Gasteiger partial charge in [-0.15, -0.1) is 0 Å². The van der Waals surface area contributed by atoms with E-state index in [0.717, 1.165) is 11.4 Å². The smallest absolute Gasteiger partial charge is 0.272 e. The fraction of sp³-hybridized carbons (Fsp3) is 0.600. The molecule has 0 aliphatic carbocycles. The number of benzene rings is 1. The minimum atomic E-state index is -1.58. The zero-order chi connectivity index (χ0) is 20.8. The lowest BCUT2D eigenvalue weighted by atomic mass is 9.89. The maximum absolute atomic E-state index is 13.1. The molecule has 2 rings (SSSR count). The van der Waals surface area contributed by atoms with Crippen molar-refractivity contribution in [1.29, 1.82) is 0 Å². The number of ether oxygens (including phenoxy) is 1. The van der Waals surface area contributed by atoms with E-state index in [0.29, 0.717) is 26.1 Å². The van der Waals surface area contributed by atoms with Crippen molar-refractivity contribution in [1.82, 2.24) is 10.4 Å². The first-order valence-electron chi connectivity index (χ1n) is 9.60. The van der Waals surface area contributed by atoms with Gasteiger partial charge >= 0.3 is 0 Å². The first-order chi connectivity index (χ1) is 13.3. The van der Waals surface area contributed by atoms with Crippen LogP contribution >= 0.6 is 0 Å². The Morgan fingerprint density at radius 2 is 2.04 bits per heavy atom. The van der Waals surface area contributed by atoms with Gasteiger partial charge in [-0.1, -0.05) is 19.9 Å². The van der Waals surface area contributed by atoms with Gasteiger partial charge in [0, 0.05) is 37.4 Å². The van der Waals surface area contributed by atoms with Crippen molar-refractivity contribution in [3.63, 3.8) is 0 Å². The molecular weight excluding hydrogens is 362 g/mol. The minimum Gasteiger partial charge on any atom is -0.497 e. The van der Waals surface area contributed by atoms with Crippen LogP contribution in [0.2, 0.25) is 0 Å². The number of rotatable bonds is 7. The Morgan fingerprint density at radius 1 is 1.32 bits per heavy atom. The van der Waals surface area contributed by atoms with Gasteiger partial charge in [0.25, 0.3) is 5.91 Å². The predicted octanol–water partition coefficient (Wildman–Crippen LogP) is 1.26. The Labute approximate surface area is 166 Å². The van der Waals surface area contributed by atoms with Gasteiger partial charge in [0.15, 0.2) is 0 Å². The molecule has 0 radical (unpaired) electrons. The molecule has 1 aliphatic heterocycles. The van der Waals surface area contributed by atoms with E-state index in [4.69, 9.17) is 9.94 Å². The number of methoxy groups -OCH3 is 1. The summed E-state index contributed by atoms with van der Waals surface area (Å²) in [6.07, 6.45) is -1.22. The van der Waals surface area contributed by atoms with Crippen molar-refractivity contribution in [2.45, 2.75) is 39.3 Å². The van der Waals surface area contributed by atoms with Crippen LogP contribution in [0.25, 0.3) is 0 Å². The molecule has 1 aromatic carbocycles. The Morgan fingerprint density at radius 3 is 2.61 bits per heavy atom. The number of hydrogen-bond donors (Lipinski definition) is 3. The van der Waals surface area contributed by atoms with Crippen molar-refractivity contribution in [2.75, 3.05) is 31.6 Å². The third-order valence-electron chi connectivity index (χ3n) is 5.13. The van der Waals surface area contributed by atoms with Crippen LogP contribution in [0, 0.1) is 11.8 Å². The number of carbonyl (C=O) groups is 2. The van der Waals surface area contributed by atoms with Crippen LogP contribution in [0.5, 0.6) is 5.75 Å². The molecule has 28 heavy (non-hydrogen) atoms. The van der Waals surface area contributed by atoms with Crippen LogP contribution in [0.3, 0.4) is 0 Å². The zero-order valence-electron chi connectivity index (χ0n) is 17.0. The van der Waals surface area contributed by atoms with Gasteiger partial charge in [-0.2, -0.15) is 0 Å². The first kappa shape index (κ1) is 22.0.